The van der Waals surface area contributed by atoms with Crippen molar-refractivity contribution in [1.29, 1.82) is 0 Å². The number of allylic oxidation sites excluding steroid dienone is 16. The van der Waals surface area contributed by atoms with Gasteiger partial charge in [-0.15, -0.1) is 0 Å². The number of unbranched alkanes of at least 4 members (excludes halogenated alkanes) is 18. The van der Waals surface area contributed by atoms with E-state index in [2.05, 4.69) is 118 Å². The van der Waals surface area contributed by atoms with Gasteiger partial charge in [-0.2, -0.15) is 0 Å². The van der Waals surface area contributed by atoms with E-state index in [4.69, 9.17) is 14.2 Å². The first-order valence-electron chi connectivity index (χ1n) is 25.7. The van der Waals surface area contributed by atoms with E-state index >= 15 is 0 Å². The van der Waals surface area contributed by atoms with Crippen LogP contribution in [0.5, 0.6) is 0 Å². The van der Waals surface area contributed by atoms with Crippen molar-refractivity contribution < 1.29 is 28.6 Å². The summed E-state index contributed by atoms with van der Waals surface area (Å²) < 4.78 is 16.6. The summed E-state index contributed by atoms with van der Waals surface area (Å²) in [6, 6.07) is 0. The third-order valence-electron chi connectivity index (χ3n) is 10.6. The van der Waals surface area contributed by atoms with E-state index in [1.54, 1.807) is 0 Å². The molecular weight excluding hydrogens is 781 g/mol. The average molecular weight is 875 g/mol. The van der Waals surface area contributed by atoms with E-state index in [0.29, 0.717) is 19.3 Å². The predicted octanol–water partition coefficient (Wildman–Crippen LogP) is 17.0. The lowest BCUT2D eigenvalue weighted by molar-refractivity contribution is -0.167. The van der Waals surface area contributed by atoms with Crippen molar-refractivity contribution in [2.45, 2.75) is 232 Å². The molecule has 0 aliphatic carbocycles. The normalized spacial score (nSPS) is 12.9. The number of hydrogen-bond donors (Lipinski definition) is 0. The zero-order chi connectivity index (χ0) is 45.8. The molecule has 0 aromatic rings. The molecule has 0 N–H and O–H groups in total. The molecule has 0 fully saturated rings. The maximum atomic E-state index is 12.7. The lowest BCUT2D eigenvalue weighted by Crippen LogP contribution is -2.30. The van der Waals surface area contributed by atoms with Crippen LogP contribution < -0.4 is 0 Å². The van der Waals surface area contributed by atoms with Gasteiger partial charge < -0.3 is 14.2 Å². The quantitative estimate of drug-likeness (QED) is 0.0262. The molecule has 0 saturated carbocycles. The Morgan fingerprint density at radius 2 is 0.619 bits per heavy atom. The van der Waals surface area contributed by atoms with Gasteiger partial charge in [-0.3, -0.25) is 14.4 Å². The second-order valence-electron chi connectivity index (χ2n) is 16.7. The first kappa shape index (κ1) is 59.3. The highest BCUT2D eigenvalue weighted by molar-refractivity contribution is 5.71. The van der Waals surface area contributed by atoms with Crippen LogP contribution in [0.15, 0.2) is 97.2 Å². The monoisotopic (exact) mass is 875 g/mol. The lowest BCUT2D eigenvalue weighted by atomic mass is 10.0. The molecule has 1 atom stereocenters. The van der Waals surface area contributed by atoms with Crippen LogP contribution in [0.3, 0.4) is 0 Å². The molecule has 1 unspecified atom stereocenters. The van der Waals surface area contributed by atoms with Gasteiger partial charge in [0.05, 0.1) is 0 Å². The van der Waals surface area contributed by atoms with Crippen molar-refractivity contribution in [3.8, 4) is 0 Å². The van der Waals surface area contributed by atoms with E-state index in [0.717, 1.165) is 116 Å². The molecule has 0 aromatic heterocycles. The van der Waals surface area contributed by atoms with E-state index in [-0.39, 0.29) is 31.1 Å². The van der Waals surface area contributed by atoms with Crippen LogP contribution in [0, 0.1) is 0 Å². The van der Waals surface area contributed by atoms with E-state index < -0.39 is 6.10 Å². The molecule has 0 spiro atoms. The summed E-state index contributed by atoms with van der Waals surface area (Å²) >= 11 is 0. The summed E-state index contributed by atoms with van der Waals surface area (Å²) in [5.74, 6) is -0.954. The van der Waals surface area contributed by atoms with Crippen molar-refractivity contribution in [3.05, 3.63) is 97.2 Å². The maximum Gasteiger partial charge on any atom is 0.306 e. The summed E-state index contributed by atoms with van der Waals surface area (Å²) in [7, 11) is 0. The third kappa shape index (κ3) is 49.2. The standard InChI is InChI=1S/C57H94O6/c1-4-7-10-13-15-17-19-21-22-23-24-25-26-27-28-29-30-31-32-33-34-36-37-39-41-44-47-50-56(59)62-53-54(52-61-55(58)49-46-43-12-9-6-3)63-57(60)51-48-45-42-40-38-35-20-18-16-14-11-8-5-2/h7,10,15,17,21-22,24-25,27-28,30-31,33-34,37,39,54H,4-6,8-9,11-14,16,18-20,23,26,29,32,35-36,38,40-53H2,1-3H3/b10-7-,17-15-,22-21-,25-24-,28-27-,31-30-,34-33-,39-37-. The molecule has 0 saturated heterocycles. The summed E-state index contributed by atoms with van der Waals surface area (Å²) in [5.41, 5.74) is 0. The summed E-state index contributed by atoms with van der Waals surface area (Å²) in [6.45, 7) is 6.39. The number of esters is 3. The highest BCUT2D eigenvalue weighted by Gasteiger charge is 2.19. The fourth-order valence-electron chi connectivity index (χ4n) is 6.75. The van der Waals surface area contributed by atoms with Gasteiger partial charge in [0.1, 0.15) is 13.2 Å². The van der Waals surface area contributed by atoms with Crippen LogP contribution in [-0.2, 0) is 28.6 Å². The molecule has 358 valence electrons. The molecule has 0 aromatic carbocycles. The van der Waals surface area contributed by atoms with Crippen molar-refractivity contribution in [2.75, 3.05) is 13.2 Å². The Morgan fingerprint density at radius 1 is 0.333 bits per heavy atom. The smallest absolute Gasteiger partial charge is 0.306 e. The van der Waals surface area contributed by atoms with E-state index in [1.165, 1.54) is 70.6 Å². The number of hydrogen-bond acceptors (Lipinski definition) is 6. The fourth-order valence-corrected chi connectivity index (χ4v) is 6.75. The van der Waals surface area contributed by atoms with Crippen LogP contribution >= 0.6 is 0 Å². The first-order chi connectivity index (χ1) is 31.0. The number of carbonyl (C=O) groups excluding carboxylic acids is 3. The first-order valence-corrected chi connectivity index (χ1v) is 25.7. The van der Waals surface area contributed by atoms with Gasteiger partial charge in [-0.1, -0.05) is 221 Å². The van der Waals surface area contributed by atoms with Crippen LogP contribution in [0.1, 0.15) is 226 Å². The van der Waals surface area contributed by atoms with Crippen molar-refractivity contribution in [2.24, 2.45) is 0 Å². The molecule has 0 aliphatic heterocycles. The summed E-state index contributed by atoms with van der Waals surface area (Å²) in [4.78, 5) is 37.6. The minimum Gasteiger partial charge on any atom is -0.462 e. The average Bonchev–Trinajstić information content (AvgIpc) is 3.28. The molecule has 63 heavy (non-hydrogen) atoms. The maximum absolute atomic E-state index is 12.7. The SMILES string of the molecule is CC/C=C\C/C=C\C/C=C\C/C=C\C/C=C\C/C=C\C/C=C\C/C=C\CCCCC(=O)OCC(COC(=O)CCCCCCC)OC(=O)CCCCCCCCCCCCCCC. The zero-order valence-corrected chi connectivity index (χ0v) is 40.8. The largest absolute Gasteiger partial charge is 0.462 e. The minimum absolute atomic E-state index is 0.0912. The Morgan fingerprint density at radius 3 is 0.968 bits per heavy atom. The lowest BCUT2D eigenvalue weighted by Gasteiger charge is -2.18. The molecule has 0 bridgehead atoms. The van der Waals surface area contributed by atoms with Gasteiger partial charge in [0.2, 0.25) is 0 Å². The molecule has 0 aliphatic rings. The molecule has 6 nitrogen and oxygen atoms in total. The van der Waals surface area contributed by atoms with E-state index in [9.17, 15) is 14.4 Å². The highest BCUT2D eigenvalue weighted by atomic mass is 16.6. The van der Waals surface area contributed by atoms with Crippen LogP contribution in [0.2, 0.25) is 0 Å². The molecule has 0 amide bonds. The van der Waals surface area contributed by atoms with E-state index in [1.807, 2.05) is 0 Å². The van der Waals surface area contributed by atoms with Crippen LogP contribution in [-0.4, -0.2) is 37.2 Å². The number of ether oxygens (including phenoxy) is 3. The van der Waals surface area contributed by atoms with Gasteiger partial charge in [0.15, 0.2) is 6.10 Å². The van der Waals surface area contributed by atoms with Crippen LogP contribution in [0.25, 0.3) is 0 Å². The second kappa shape index (κ2) is 51.0. The predicted molar refractivity (Wildman–Crippen MR) is 270 cm³/mol. The number of carbonyl (C=O) groups is 3. The highest BCUT2D eigenvalue weighted by Crippen LogP contribution is 2.14. The topological polar surface area (TPSA) is 78.9 Å². The van der Waals surface area contributed by atoms with Gasteiger partial charge in [0.25, 0.3) is 0 Å². The van der Waals surface area contributed by atoms with Crippen molar-refractivity contribution >= 4 is 17.9 Å². The second-order valence-corrected chi connectivity index (χ2v) is 16.7. The third-order valence-corrected chi connectivity index (χ3v) is 10.6. The van der Waals surface area contributed by atoms with Crippen molar-refractivity contribution in [3.63, 3.8) is 0 Å². The van der Waals surface area contributed by atoms with Gasteiger partial charge in [0, 0.05) is 19.3 Å². The Labute approximate surface area is 387 Å². The molecule has 0 heterocycles. The molecular formula is C57H94O6. The molecule has 6 heteroatoms. The molecule has 0 radical (unpaired) electrons. The summed E-state index contributed by atoms with van der Waals surface area (Å²) in [6.07, 6.45) is 67.2. The van der Waals surface area contributed by atoms with Crippen molar-refractivity contribution in [1.82, 2.24) is 0 Å². The van der Waals surface area contributed by atoms with Crippen LogP contribution in [0.4, 0.5) is 0 Å². The fraction of sp³-hybridized carbons (Fsp3) is 0.667. The minimum atomic E-state index is -0.789. The van der Waals surface area contributed by atoms with Gasteiger partial charge in [-0.05, 0) is 83.5 Å². The summed E-state index contributed by atoms with van der Waals surface area (Å²) in [5, 5.41) is 0. The Hall–Kier alpha value is -3.67. The van der Waals surface area contributed by atoms with Gasteiger partial charge >= 0.3 is 17.9 Å². The Kier molecular flexibility index (Phi) is 48.0. The van der Waals surface area contributed by atoms with Gasteiger partial charge in [-0.25, -0.2) is 0 Å². The zero-order valence-electron chi connectivity index (χ0n) is 40.8. The Balaban J connectivity index is 4.23. The molecule has 0 rings (SSSR count). The number of rotatable bonds is 45. The Bertz CT molecular complexity index is 1280.